The predicted molar refractivity (Wildman–Crippen MR) is 78.2 cm³/mol. The lowest BCUT2D eigenvalue weighted by atomic mass is 9.98. The predicted octanol–water partition coefficient (Wildman–Crippen LogP) is 2.68. The van der Waals surface area contributed by atoms with Gasteiger partial charge >= 0.3 is 0 Å². The van der Waals surface area contributed by atoms with Crippen LogP contribution >= 0.6 is 0 Å². The van der Waals surface area contributed by atoms with Crippen LogP contribution in [0.2, 0.25) is 0 Å². The quantitative estimate of drug-likeness (QED) is 0.831. The summed E-state index contributed by atoms with van der Waals surface area (Å²) in [6.07, 6.45) is 14.0. The Morgan fingerprint density at radius 3 is 2.42 bits per heavy atom. The van der Waals surface area contributed by atoms with Crippen molar-refractivity contribution in [1.29, 1.82) is 0 Å². The van der Waals surface area contributed by atoms with E-state index in [9.17, 15) is 0 Å². The molecule has 3 heteroatoms. The molecule has 1 spiro atoms. The van der Waals surface area contributed by atoms with Gasteiger partial charge in [0.1, 0.15) is 0 Å². The molecule has 2 saturated carbocycles. The van der Waals surface area contributed by atoms with Gasteiger partial charge in [-0.25, -0.2) is 0 Å². The van der Waals surface area contributed by atoms with E-state index in [0.717, 1.165) is 25.7 Å². The third-order valence-electron chi connectivity index (χ3n) is 5.55. The molecule has 19 heavy (non-hydrogen) atoms. The molecule has 3 aliphatic rings. The van der Waals surface area contributed by atoms with E-state index in [0.29, 0.717) is 6.10 Å². The number of nitrogens with two attached hydrogens (primary N) is 1. The Balaban J connectivity index is 1.53. The van der Waals surface area contributed by atoms with E-state index >= 15 is 0 Å². The summed E-state index contributed by atoms with van der Waals surface area (Å²) in [4.78, 5) is 2.63. The maximum Gasteiger partial charge on any atom is 0.0710 e. The van der Waals surface area contributed by atoms with Crippen molar-refractivity contribution < 1.29 is 4.74 Å². The number of ether oxygens (including phenoxy) is 1. The van der Waals surface area contributed by atoms with Crippen molar-refractivity contribution >= 4 is 0 Å². The third kappa shape index (κ3) is 3.14. The largest absolute Gasteiger partial charge is 0.370 e. The van der Waals surface area contributed by atoms with Crippen LogP contribution in [0, 0.1) is 0 Å². The number of hydrogen-bond donors (Lipinski definition) is 1. The maximum absolute atomic E-state index is 6.46. The summed E-state index contributed by atoms with van der Waals surface area (Å²) in [5.41, 5.74) is 6.09. The Kier molecular flexibility index (Phi) is 4.45. The summed E-state index contributed by atoms with van der Waals surface area (Å²) in [6.45, 7) is 2.97. The summed E-state index contributed by atoms with van der Waals surface area (Å²) in [6, 6.07) is 0.785. The molecule has 1 atom stereocenters. The summed E-state index contributed by atoms with van der Waals surface area (Å²) in [7, 11) is 0. The van der Waals surface area contributed by atoms with Crippen molar-refractivity contribution in [2.24, 2.45) is 5.73 Å². The molecule has 3 nitrogen and oxygen atoms in total. The molecule has 110 valence electrons. The molecule has 0 radical (unpaired) electrons. The van der Waals surface area contributed by atoms with Gasteiger partial charge in [0, 0.05) is 25.7 Å². The summed E-state index contributed by atoms with van der Waals surface area (Å²) in [5, 5.41) is 0. The summed E-state index contributed by atoms with van der Waals surface area (Å²) >= 11 is 0. The van der Waals surface area contributed by atoms with Crippen LogP contribution in [-0.4, -0.2) is 42.3 Å². The van der Waals surface area contributed by atoms with Gasteiger partial charge in [0.05, 0.1) is 11.7 Å². The van der Waals surface area contributed by atoms with Crippen molar-refractivity contribution in [1.82, 2.24) is 4.90 Å². The van der Waals surface area contributed by atoms with Gasteiger partial charge in [-0.2, -0.15) is 0 Å². The zero-order valence-electron chi connectivity index (χ0n) is 12.3. The van der Waals surface area contributed by atoms with Crippen LogP contribution in [0.25, 0.3) is 0 Å². The molecule has 3 fully saturated rings. The molecule has 0 aromatic heterocycles. The second kappa shape index (κ2) is 6.11. The molecule has 0 aromatic rings. The van der Waals surface area contributed by atoms with Crippen molar-refractivity contribution in [3.63, 3.8) is 0 Å². The minimum atomic E-state index is 0.286. The summed E-state index contributed by atoms with van der Waals surface area (Å²) in [5.74, 6) is 0. The zero-order chi connectivity index (χ0) is 13.1. The van der Waals surface area contributed by atoms with Crippen LogP contribution in [-0.2, 0) is 4.74 Å². The molecule has 1 heterocycles. The van der Waals surface area contributed by atoms with Crippen LogP contribution in [0.1, 0.15) is 64.2 Å². The lowest BCUT2D eigenvalue weighted by Gasteiger charge is -2.32. The Morgan fingerprint density at radius 1 is 1.00 bits per heavy atom. The van der Waals surface area contributed by atoms with Crippen molar-refractivity contribution in [2.45, 2.75) is 82.0 Å². The Hall–Kier alpha value is -0.120. The fourth-order valence-corrected chi connectivity index (χ4v) is 4.53. The molecule has 0 aromatic carbocycles. The van der Waals surface area contributed by atoms with Gasteiger partial charge in [0.2, 0.25) is 0 Å². The first-order valence-electron chi connectivity index (χ1n) is 8.43. The van der Waals surface area contributed by atoms with Crippen LogP contribution in [0.4, 0.5) is 0 Å². The molecular weight excluding hydrogens is 236 g/mol. The lowest BCUT2D eigenvalue weighted by molar-refractivity contribution is -0.0508. The first-order chi connectivity index (χ1) is 9.31. The van der Waals surface area contributed by atoms with Crippen LogP contribution in [0.3, 0.4) is 0 Å². The van der Waals surface area contributed by atoms with Gasteiger partial charge in [0.15, 0.2) is 0 Å². The Labute approximate surface area is 117 Å². The molecule has 2 N–H and O–H groups in total. The van der Waals surface area contributed by atoms with Crippen LogP contribution < -0.4 is 5.73 Å². The molecular formula is C16H30N2O. The van der Waals surface area contributed by atoms with Gasteiger partial charge < -0.3 is 10.5 Å². The van der Waals surface area contributed by atoms with E-state index in [1.165, 1.54) is 64.2 Å². The molecule has 1 saturated heterocycles. The fourth-order valence-electron chi connectivity index (χ4n) is 4.53. The minimum absolute atomic E-state index is 0.286. The zero-order valence-corrected chi connectivity index (χ0v) is 12.3. The van der Waals surface area contributed by atoms with Crippen LogP contribution in [0.5, 0.6) is 0 Å². The van der Waals surface area contributed by atoms with Gasteiger partial charge in [0.25, 0.3) is 0 Å². The SMILES string of the molecule is NCCN(CC1CCC2(CCCC2)O1)C1CCCC1. The molecule has 0 bridgehead atoms. The van der Waals surface area contributed by atoms with Gasteiger partial charge in [-0.05, 0) is 38.5 Å². The number of nitrogens with zero attached hydrogens (tertiary/aromatic N) is 1. The molecule has 0 amide bonds. The Bertz CT molecular complexity index is 282. The summed E-state index contributed by atoms with van der Waals surface area (Å²) < 4.78 is 6.46. The van der Waals surface area contributed by atoms with Gasteiger partial charge in [-0.15, -0.1) is 0 Å². The monoisotopic (exact) mass is 266 g/mol. The van der Waals surface area contributed by atoms with E-state index in [4.69, 9.17) is 10.5 Å². The minimum Gasteiger partial charge on any atom is -0.370 e. The van der Waals surface area contributed by atoms with E-state index in [-0.39, 0.29) is 5.60 Å². The average Bonchev–Trinajstić information content (AvgIpc) is 3.14. The van der Waals surface area contributed by atoms with E-state index in [1.54, 1.807) is 0 Å². The molecule has 1 aliphatic heterocycles. The van der Waals surface area contributed by atoms with Crippen molar-refractivity contribution in [3.05, 3.63) is 0 Å². The third-order valence-corrected chi connectivity index (χ3v) is 5.55. The highest BCUT2D eigenvalue weighted by molar-refractivity contribution is 4.94. The lowest BCUT2D eigenvalue weighted by Crippen LogP contribution is -2.42. The van der Waals surface area contributed by atoms with E-state index in [1.807, 2.05) is 0 Å². The van der Waals surface area contributed by atoms with Crippen LogP contribution in [0.15, 0.2) is 0 Å². The fraction of sp³-hybridized carbons (Fsp3) is 1.00. The highest BCUT2D eigenvalue weighted by Gasteiger charge is 2.42. The highest BCUT2D eigenvalue weighted by atomic mass is 16.5. The van der Waals surface area contributed by atoms with Crippen molar-refractivity contribution in [3.8, 4) is 0 Å². The number of rotatable bonds is 5. The van der Waals surface area contributed by atoms with Gasteiger partial charge in [-0.3, -0.25) is 4.90 Å². The second-order valence-corrected chi connectivity index (χ2v) is 6.89. The van der Waals surface area contributed by atoms with Gasteiger partial charge in [-0.1, -0.05) is 25.7 Å². The highest BCUT2D eigenvalue weighted by Crippen LogP contribution is 2.43. The first kappa shape index (κ1) is 13.8. The number of hydrogen-bond acceptors (Lipinski definition) is 3. The average molecular weight is 266 g/mol. The molecule has 2 aliphatic carbocycles. The molecule has 3 rings (SSSR count). The standard InChI is InChI=1S/C16H30N2O/c17-11-12-18(14-5-1-2-6-14)13-15-7-10-16(19-15)8-3-4-9-16/h14-15H,1-13,17H2. The van der Waals surface area contributed by atoms with E-state index in [2.05, 4.69) is 4.90 Å². The second-order valence-electron chi connectivity index (χ2n) is 6.89. The van der Waals surface area contributed by atoms with E-state index < -0.39 is 0 Å². The Morgan fingerprint density at radius 2 is 1.74 bits per heavy atom. The maximum atomic E-state index is 6.46. The smallest absolute Gasteiger partial charge is 0.0710 e. The first-order valence-corrected chi connectivity index (χ1v) is 8.43. The topological polar surface area (TPSA) is 38.5 Å². The van der Waals surface area contributed by atoms with Crippen molar-refractivity contribution in [2.75, 3.05) is 19.6 Å². The molecule has 1 unspecified atom stereocenters. The normalized spacial score (nSPS) is 30.9.